The Hall–Kier alpha value is -1.10. The number of esters is 1. The van der Waals surface area contributed by atoms with E-state index in [1.54, 1.807) is 12.0 Å². The fraction of sp³-hybridized carbons (Fsp3) is 0.846. The maximum atomic E-state index is 11.8. The van der Waals surface area contributed by atoms with E-state index in [1.807, 2.05) is 20.8 Å². The Morgan fingerprint density at radius 1 is 1.44 bits per heavy atom. The zero-order chi connectivity index (χ0) is 13.8. The largest absolute Gasteiger partial charge is 0.465 e. The maximum absolute atomic E-state index is 11.8. The molecule has 0 aromatic heterocycles. The molecule has 0 aromatic carbocycles. The minimum Gasteiger partial charge on any atom is -0.465 e. The monoisotopic (exact) mass is 257 g/mol. The van der Waals surface area contributed by atoms with Gasteiger partial charge in [-0.3, -0.25) is 9.59 Å². The molecule has 0 N–H and O–H groups in total. The van der Waals surface area contributed by atoms with Gasteiger partial charge in [-0.05, 0) is 5.41 Å². The standard InChI is InChI=1S/C13H23NO4/c1-13(2,3)9-18-12(16)10-7-11(15)14(8-10)5-6-17-4/h10H,5-9H2,1-4H3. The molecule has 0 aliphatic carbocycles. The summed E-state index contributed by atoms with van der Waals surface area (Å²) in [4.78, 5) is 25.1. The molecule has 1 amide bonds. The van der Waals surface area contributed by atoms with Gasteiger partial charge in [0.25, 0.3) is 0 Å². The van der Waals surface area contributed by atoms with Crippen LogP contribution in [0.5, 0.6) is 0 Å². The van der Waals surface area contributed by atoms with Crippen molar-refractivity contribution in [3.63, 3.8) is 0 Å². The van der Waals surface area contributed by atoms with Crippen molar-refractivity contribution in [3.05, 3.63) is 0 Å². The molecular weight excluding hydrogens is 234 g/mol. The summed E-state index contributed by atoms with van der Waals surface area (Å²) >= 11 is 0. The number of methoxy groups -OCH3 is 1. The molecule has 1 fully saturated rings. The number of hydrogen-bond acceptors (Lipinski definition) is 4. The van der Waals surface area contributed by atoms with E-state index < -0.39 is 0 Å². The number of likely N-dealkylation sites (tertiary alicyclic amines) is 1. The minimum absolute atomic E-state index is 0.00441. The highest BCUT2D eigenvalue weighted by molar-refractivity contribution is 5.86. The number of amides is 1. The molecule has 0 bridgehead atoms. The molecule has 1 unspecified atom stereocenters. The summed E-state index contributed by atoms with van der Waals surface area (Å²) in [6.07, 6.45) is 0.257. The van der Waals surface area contributed by atoms with Crippen LogP contribution in [0.3, 0.4) is 0 Å². The molecule has 1 atom stereocenters. The summed E-state index contributed by atoms with van der Waals surface area (Å²) in [7, 11) is 1.59. The Balaban J connectivity index is 2.40. The van der Waals surface area contributed by atoms with Crippen molar-refractivity contribution < 1.29 is 19.1 Å². The van der Waals surface area contributed by atoms with Crippen molar-refractivity contribution in [2.75, 3.05) is 33.4 Å². The highest BCUT2D eigenvalue weighted by atomic mass is 16.5. The molecule has 1 heterocycles. The molecule has 0 spiro atoms. The summed E-state index contributed by atoms with van der Waals surface area (Å²) in [6.45, 7) is 7.88. The second-order valence-corrected chi connectivity index (χ2v) is 5.90. The van der Waals surface area contributed by atoms with Gasteiger partial charge < -0.3 is 14.4 Å². The molecule has 5 nitrogen and oxygen atoms in total. The van der Waals surface area contributed by atoms with Gasteiger partial charge in [0.1, 0.15) is 0 Å². The van der Waals surface area contributed by atoms with Crippen molar-refractivity contribution in [2.24, 2.45) is 11.3 Å². The zero-order valence-corrected chi connectivity index (χ0v) is 11.7. The van der Waals surface area contributed by atoms with Crippen LogP contribution in [0.4, 0.5) is 0 Å². The van der Waals surface area contributed by atoms with Crippen LogP contribution in [0.2, 0.25) is 0 Å². The lowest BCUT2D eigenvalue weighted by molar-refractivity contribution is -0.151. The lowest BCUT2D eigenvalue weighted by atomic mass is 9.98. The van der Waals surface area contributed by atoms with Crippen molar-refractivity contribution >= 4 is 11.9 Å². The van der Waals surface area contributed by atoms with Crippen LogP contribution in [0, 0.1) is 11.3 Å². The van der Waals surface area contributed by atoms with Crippen LogP contribution in [-0.4, -0.2) is 50.2 Å². The van der Waals surface area contributed by atoms with Crippen molar-refractivity contribution in [1.29, 1.82) is 0 Å². The molecule has 5 heteroatoms. The number of hydrogen-bond donors (Lipinski definition) is 0. The highest BCUT2D eigenvalue weighted by Gasteiger charge is 2.35. The fourth-order valence-electron chi connectivity index (χ4n) is 1.75. The van der Waals surface area contributed by atoms with Gasteiger partial charge in [0, 0.05) is 26.6 Å². The van der Waals surface area contributed by atoms with Crippen molar-refractivity contribution in [1.82, 2.24) is 4.90 Å². The van der Waals surface area contributed by atoms with E-state index in [9.17, 15) is 9.59 Å². The van der Waals surface area contributed by atoms with E-state index in [4.69, 9.17) is 9.47 Å². The molecule has 104 valence electrons. The molecule has 18 heavy (non-hydrogen) atoms. The first kappa shape index (κ1) is 15.0. The van der Waals surface area contributed by atoms with Crippen LogP contribution >= 0.6 is 0 Å². The van der Waals surface area contributed by atoms with E-state index in [1.165, 1.54) is 0 Å². The lowest BCUT2D eigenvalue weighted by Crippen LogP contribution is -2.30. The average molecular weight is 257 g/mol. The smallest absolute Gasteiger partial charge is 0.311 e. The van der Waals surface area contributed by atoms with Gasteiger partial charge in [-0.25, -0.2) is 0 Å². The van der Waals surface area contributed by atoms with Gasteiger partial charge in [-0.2, -0.15) is 0 Å². The number of nitrogens with zero attached hydrogens (tertiary/aromatic N) is 1. The van der Waals surface area contributed by atoms with Gasteiger partial charge in [0.15, 0.2) is 0 Å². The maximum Gasteiger partial charge on any atom is 0.311 e. The second kappa shape index (κ2) is 6.18. The van der Waals surface area contributed by atoms with Crippen LogP contribution in [0.15, 0.2) is 0 Å². The van der Waals surface area contributed by atoms with Gasteiger partial charge in [0.05, 0.1) is 19.1 Å². The van der Waals surface area contributed by atoms with Gasteiger partial charge in [0.2, 0.25) is 5.91 Å². The molecule has 1 aliphatic rings. The SMILES string of the molecule is COCCN1CC(C(=O)OCC(C)(C)C)CC1=O. The molecule has 0 saturated carbocycles. The van der Waals surface area contributed by atoms with Gasteiger partial charge >= 0.3 is 5.97 Å². The van der Waals surface area contributed by atoms with E-state index in [-0.39, 0.29) is 29.6 Å². The second-order valence-electron chi connectivity index (χ2n) is 5.90. The number of rotatable bonds is 5. The summed E-state index contributed by atoms with van der Waals surface area (Å²) in [5, 5.41) is 0. The Labute approximate surface area is 108 Å². The Morgan fingerprint density at radius 2 is 2.11 bits per heavy atom. The highest BCUT2D eigenvalue weighted by Crippen LogP contribution is 2.20. The third kappa shape index (κ3) is 4.64. The Bertz CT molecular complexity index is 309. The normalized spacial score (nSPS) is 20.3. The van der Waals surface area contributed by atoms with Crippen molar-refractivity contribution in [3.8, 4) is 0 Å². The number of ether oxygens (including phenoxy) is 2. The summed E-state index contributed by atoms with van der Waals surface area (Å²) in [5.41, 5.74) is -0.0476. The molecular formula is C13H23NO4. The van der Waals surface area contributed by atoms with Gasteiger partial charge in [-0.1, -0.05) is 20.8 Å². The van der Waals surface area contributed by atoms with Crippen LogP contribution in [0.1, 0.15) is 27.2 Å². The lowest BCUT2D eigenvalue weighted by Gasteiger charge is -2.19. The third-order valence-corrected chi connectivity index (χ3v) is 2.76. The fourth-order valence-corrected chi connectivity index (χ4v) is 1.75. The first-order valence-electron chi connectivity index (χ1n) is 6.27. The Morgan fingerprint density at radius 3 is 2.67 bits per heavy atom. The summed E-state index contributed by atoms with van der Waals surface area (Å²) in [6, 6.07) is 0. The third-order valence-electron chi connectivity index (χ3n) is 2.76. The predicted molar refractivity (Wildman–Crippen MR) is 67.0 cm³/mol. The van der Waals surface area contributed by atoms with Gasteiger partial charge in [-0.15, -0.1) is 0 Å². The van der Waals surface area contributed by atoms with Crippen LogP contribution in [-0.2, 0) is 19.1 Å². The van der Waals surface area contributed by atoms with E-state index in [0.717, 1.165) is 0 Å². The molecule has 0 aromatic rings. The Kier molecular flexibility index (Phi) is 5.14. The van der Waals surface area contributed by atoms with Crippen molar-refractivity contribution in [2.45, 2.75) is 27.2 Å². The zero-order valence-electron chi connectivity index (χ0n) is 11.7. The number of carbonyl (C=O) groups is 2. The summed E-state index contributed by atoms with van der Waals surface area (Å²) < 4.78 is 10.2. The first-order chi connectivity index (χ1) is 8.33. The van der Waals surface area contributed by atoms with E-state index >= 15 is 0 Å². The average Bonchev–Trinajstić information content (AvgIpc) is 2.64. The van der Waals surface area contributed by atoms with E-state index in [2.05, 4.69) is 0 Å². The molecule has 1 saturated heterocycles. The quantitative estimate of drug-likeness (QED) is 0.691. The van der Waals surface area contributed by atoms with E-state index in [0.29, 0.717) is 26.3 Å². The molecule has 1 aliphatic heterocycles. The first-order valence-corrected chi connectivity index (χ1v) is 6.27. The number of carbonyl (C=O) groups excluding carboxylic acids is 2. The molecule has 0 radical (unpaired) electrons. The predicted octanol–water partition coefficient (Wildman–Crippen LogP) is 1.07. The minimum atomic E-state index is -0.322. The van der Waals surface area contributed by atoms with Crippen LogP contribution < -0.4 is 0 Å². The van der Waals surface area contributed by atoms with Crippen LogP contribution in [0.25, 0.3) is 0 Å². The summed E-state index contributed by atoms with van der Waals surface area (Å²) in [5.74, 6) is -0.584. The topological polar surface area (TPSA) is 55.8 Å². The molecule has 1 rings (SSSR count).